The summed E-state index contributed by atoms with van der Waals surface area (Å²) in [5.41, 5.74) is -1.59. The number of esters is 1. The molecule has 0 aromatic rings. The summed E-state index contributed by atoms with van der Waals surface area (Å²) in [6.45, 7) is 3.73. The summed E-state index contributed by atoms with van der Waals surface area (Å²) < 4.78 is 4.78. The standard InChI is InChI=1S/C11H20O3/c1-4-10(2,9(12)14-3)11(13)7-5-6-8-11/h13H,4-8H2,1-3H3. The molecule has 1 atom stereocenters. The van der Waals surface area contributed by atoms with E-state index in [4.69, 9.17) is 4.74 Å². The lowest BCUT2D eigenvalue weighted by molar-refractivity contribution is -0.170. The molecule has 3 nitrogen and oxygen atoms in total. The monoisotopic (exact) mass is 200 g/mol. The number of rotatable bonds is 3. The van der Waals surface area contributed by atoms with Crippen LogP contribution in [0, 0.1) is 5.41 Å². The Labute approximate surface area is 85.5 Å². The van der Waals surface area contributed by atoms with Gasteiger partial charge in [-0.25, -0.2) is 0 Å². The molecular formula is C11H20O3. The van der Waals surface area contributed by atoms with Gasteiger partial charge in [-0.2, -0.15) is 0 Å². The van der Waals surface area contributed by atoms with Gasteiger partial charge >= 0.3 is 5.97 Å². The molecule has 0 heterocycles. The Morgan fingerprint density at radius 2 is 2.00 bits per heavy atom. The van der Waals surface area contributed by atoms with E-state index in [2.05, 4.69) is 0 Å². The normalized spacial score (nSPS) is 24.3. The first kappa shape index (κ1) is 11.5. The SMILES string of the molecule is CCC(C)(C(=O)OC)C1(O)CCCC1. The van der Waals surface area contributed by atoms with Crippen molar-refractivity contribution in [3.05, 3.63) is 0 Å². The minimum absolute atomic E-state index is 0.288. The Morgan fingerprint density at radius 3 is 2.36 bits per heavy atom. The minimum atomic E-state index is -0.852. The Kier molecular flexibility index (Phi) is 3.20. The lowest BCUT2D eigenvalue weighted by atomic mass is 9.70. The van der Waals surface area contributed by atoms with Crippen LogP contribution in [0.5, 0.6) is 0 Å². The summed E-state index contributed by atoms with van der Waals surface area (Å²) in [5, 5.41) is 10.4. The third-order valence-electron chi connectivity index (χ3n) is 3.80. The molecule has 1 N–H and O–H groups in total. The van der Waals surface area contributed by atoms with Crippen molar-refractivity contribution in [2.75, 3.05) is 7.11 Å². The van der Waals surface area contributed by atoms with E-state index < -0.39 is 11.0 Å². The summed E-state index contributed by atoms with van der Waals surface area (Å²) in [5.74, 6) is -0.288. The molecule has 0 amide bonds. The number of carbonyl (C=O) groups is 1. The van der Waals surface area contributed by atoms with E-state index in [0.29, 0.717) is 19.3 Å². The van der Waals surface area contributed by atoms with Gasteiger partial charge in [-0.15, -0.1) is 0 Å². The first-order chi connectivity index (χ1) is 6.50. The van der Waals surface area contributed by atoms with Crippen molar-refractivity contribution in [1.82, 2.24) is 0 Å². The van der Waals surface area contributed by atoms with Crippen molar-refractivity contribution in [3.8, 4) is 0 Å². The van der Waals surface area contributed by atoms with Gasteiger partial charge in [0.1, 0.15) is 0 Å². The van der Waals surface area contributed by atoms with Crippen LogP contribution in [0.2, 0.25) is 0 Å². The molecule has 0 aromatic heterocycles. The molecule has 1 rings (SSSR count). The number of carbonyl (C=O) groups excluding carboxylic acids is 1. The van der Waals surface area contributed by atoms with E-state index in [1.54, 1.807) is 0 Å². The van der Waals surface area contributed by atoms with Crippen molar-refractivity contribution in [2.24, 2.45) is 5.41 Å². The smallest absolute Gasteiger partial charge is 0.314 e. The molecule has 3 heteroatoms. The van der Waals surface area contributed by atoms with Crippen LogP contribution < -0.4 is 0 Å². The van der Waals surface area contributed by atoms with Gasteiger partial charge in [0.05, 0.1) is 18.1 Å². The Bertz CT molecular complexity index is 219. The highest BCUT2D eigenvalue weighted by atomic mass is 16.5. The summed E-state index contributed by atoms with van der Waals surface area (Å²) >= 11 is 0. The number of methoxy groups -OCH3 is 1. The van der Waals surface area contributed by atoms with Gasteiger partial charge < -0.3 is 9.84 Å². The summed E-state index contributed by atoms with van der Waals surface area (Å²) in [7, 11) is 1.38. The molecule has 1 saturated carbocycles. The van der Waals surface area contributed by atoms with Crippen molar-refractivity contribution in [1.29, 1.82) is 0 Å². The zero-order valence-electron chi connectivity index (χ0n) is 9.30. The van der Waals surface area contributed by atoms with E-state index in [0.717, 1.165) is 12.8 Å². The fourth-order valence-electron chi connectivity index (χ4n) is 2.40. The highest BCUT2D eigenvalue weighted by Crippen LogP contribution is 2.46. The number of aliphatic hydroxyl groups is 1. The zero-order chi connectivity index (χ0) is 10.8. The molecule has 0 bridgehead atoms. The van der Waals surface area contributed by atoms with Crippen LogP contribution in [-0.4, -0.2) is 23.8 Å². The molecule has 1 aliphatic rings. The lowest BCUT2D eigenvalue weighted by Crippen LogP contribution is -2.49. The van der Waals surface area contributed by atoms with Crippen molar-refractivity contribution >= 4 is 5.97 Å². The van der Waals surface area contributed by atoms with Crippen LogP contribution in [0.1, 0.15) is 46.0 Å². The molecule has 0 saturated heterocycles. The minimum Gasteiger partial charge on any atom is -0.469 e. The van der Waals surface area contributed by atoms with E-state index in [1.165, 1.54) is 7.11 Å². The zero-order valence-corrected chi connectivity index (χ0v) is 9.30. The van der Waals surface area contributed by atoms with Crippen LogP contribution in [-0.2, 0) is 9.53 Å². The van der Waals surface area contributed by atoms with Gasteiger partial charge in [0, 0.05) is 0 Å². The van der Waals surface area contributed by atoms with Crippen molar-refractivity contribution < 1.29 is 14.6 Å². The molecule has 82 valence electrons. The van der Waals surface area contributed by atoms with Gasteiger partial charge in [-0.3, -0.25) is 4.79 Å². The molecule has 1 fully saturated rings. The van der Waals surface area contributed by atoms with Crippen LogP contribution >= 0.6 is 0 Å². The fourth-order valence-corrected chi connectivity index (χ4v) is 2.40. The van der Waals surface area contributed by atoms with Crippen molar-refractivity contribution in [2.45, 2.75) is 51.6 Å². The van der Waals surface area contributed by atoms with Crippen LogP contribution in [0.15, 0.2) is 0 Å². The van der Waals surface area contributed by atoms with Crippen molar-refractivity contribution in [3.63, 3.8) is 0 Å². The third-order valence-corrected chi connectivity index (χ3v) is 3.80. The largest absolute Gasteiger partial charge is 0.469 e. The molecule has 0 aromatic carbocycles. The van der Waals surface area contributed by atoms with Gasteiger partial charge in [0.15, 0.2) is 0 Å². The molecule has 0 spiro atoms. The maximum absolute atomic E-state index is 11.7. The Morgan fingerprint density at radius 1 is 1.50 bits per heavy atom. The second kappa shape index (κ2) is 3.89. The topological polar surface area (TPSA) is 46.5 Å². The number of ether oxygens (including phenoxy) is 1. The summed E-state index contributed by atoms with van der Waals surface area (Å²) in [4.78, 5) is 11.7. The Hall–Kier alpha value is -0.570. The molecule has 0 aliphatic heterocycles. The van der Waals surface area contributed by atoms with Gasteiger partial charge in [0.25, 0.3) is 0 Å². The van der Waals surface area contributed by atoms with E-state index in [1.807, 2.05) is 13.8 Å². The highest BCUT2D eigenvalue weighted by molar-refractivity contribution is 5.77. The third kappa shape index (κ3) is 1.54. The van der Waals surface area contributed by atoms with Crippen LogP contribution in [0.3, 0.4) is 0 Å². The summed E-state index contributed by atoms with van der Waals surface area (Å²) in [6.07, 6.45) is 4.06. The van der Waals surface area contributed by atoms with Gasteiger partial charge in [0.2, 0.25) is 0 Å². The first-order valence-electron chi connectivity index (χ1n) is 5.31. The fraction of sp³-hybridized carbons (Fsp3) is 0.909. The van der Waals surface area contributed by atoms with Gasteiger partial charge in [-0.1, -0.05) is 19.8 Å². The Balaban J connectivity index is 2.93. The molecular weight excluding hydrogens is 180 g/mol. The second-order valence-corrected chi connectivity index (χ2v) is 4.42. The number of hydrogen-bond acceptors (Lipinski definition) is 3. The van der Waals surface area contributed by atoms with E-state index in [9.17, 15) is 9.90 Å². The quantitative estimate of drug-likeness (QED) is 0.707. The molecule has 1 unspecified atom stereocenters. The highest BCUT2D eigenvalue weighted by Gasteiger charge is 2.52. The lowest BCUT2D eigenvalue weighted by Gasteiger charge is -2.39. The maximum Gasteiger partial charge on any atom is 0.314 e. The summed E-state index contributed by atoms with van der Waals surface area (Å²) in [6, 6.07) is 0. The van der Waals surface area contributed by atoms with Crippen LogP contribution in [0.4, 0.5) is 0 Å². The molecule has 0 radical (unpaired) electrons. The second-order valence-electron chi connectivity index (χ2n) is 4.42. The van der Waals surface area contributed by atoms with Gasteiger partial charge in [-0.05, 0) is 26.2 Å². The predicted molar refractivity (Wildman–Crippen MR) is 53.8 cm³/mol. The first-order valence-corrected chi connectivity index (χ1v) is 5.31. The molecule has 14 heavy (non-hydrogen) atoms. The average molecular weight is 200 g/mol. The van der Waals surface area contributed by atoms with Crippen LogP contribution in [0.25, 0.3) is 0 Å². The maximum atomic E-state index is 11.7. The van der Waals surface area contributed by atoms with E-state index >= 15 is 0 Å². The van der Waals surface area contributed by atoms with E-state index in [-0.39, 0.29) is 5.97 Å². The number of hydrogen-bond donors (Lipinski definition) is 1. The molecule has 1 aliphatic carbocycles. The predicted octanol–water partition coefficient (Wildman–Crippen LogP) is 1.88. The average Bonchev–Trinajstić information content (AvgIpc) is 2.64.